The Hall–Kier alpha value is -1.36. The van der Waals surface area contributed by atoms with Crippen molar-refractivity contribution in [3.05, 3.63) is 17.0 Å². The molecule has 0 saturated carbocycles. The largest absolute Gasteiger partial charge is 0.468 e. The van der Waals surface area contributed by atoms with Crippen LogP contribution in [0.1, 0.15) is 18.9 Å². The number of amides is 1. The molecule has 1 aromatic heterocycles. The summed E-state index contributed by atoms with van der Waals surface area (Å²) >= 11 is 1.44. The number of nitrogens with one attached hydrogen (secondary N) is 1. The van der Waals surface area contributed by atoms with Gasteiger partial charge >= 0.3 is 5.97 Å². The van der Waals surface area contributed by atoms with E-state index < -0.39 is 11.9 Å². The SMILES string of the molecule is CCC(C(=O)Nc1sccc1C)C(=O)OC. The fourth-order valence-corrected chi connectivity index (χ4v) is 2.12. The van der Waals surface area contributed by atoms with E-state index in [1.54, 1.807) is 6.92 Å². The maximum absolute atomic E-state index is 11.8. The highest BCUT2D eigenvalue weighted by Gasteiger charge is 2.26. The maximum atomic E-state index is 11.8. The first kappa shape index (κ1) is 12.7. The third-order valence-corrected chi connectivity index (χ3v) is 3.24. The van der Waals surface area contributed by atoms with E-state index in [1.165, 1.54) is 18.4 Å². The van der Waals surface area contributed by atoms with E-state index in [2.05, 4.69) is 10.1 Å². The van der Waals surface area contributed by atoms with Crippen molar-refractivity contribution >= 4 is 28.2 Å². The molecule has 0 saturated heterocycles. The summed E-state index contributed by atoms with van der Waals surface area (Å²) in [5.74, 6) is -1.53. The van der Waals surface area contributed by atoms with Crippen LogP contribution in [-0.4, -0.2) is 19.0 Å². The molecule has 16 heavy (non-hydrogen) atoms. The number of carbonyl (C=O) groups is 2. The molecule has 0 aromatic carbocycles. The second kappa shape index (κ2) is 5.65. The average Bonchev–Trinajstić information content (AvgIpc) is 2.65. The molecule has 0 bridgehead atoms. The van der Waals surface area contributed by atoms with Crippen molar-refractivity contribution < 1.29 is 14.3 Å². The summed E-state index contributed by atoms with van der Waals surface area (Å²) < 4.78 is 4.58. The van der Waals surface area contributed by atoms with Crippen molar-refractivity contribution in [2.24, 2.45) is 5.92 Å². The minimum Gasteiger partial charge on any atom is -0.468 e. The molecule has 0 fully saturated rings. The molecule has 4 nitrogen and oxygen atoms in total. The van der Waals surface area contributed by atoms with Crippen LogP contribution in [0, 0.1) is 12.8 Å². The summed E-state index contributed by atoms with van der Waals surface area (Å²) in [5.41, 5.74) is 0.998. The fraction of sp³-hybridized carbons (Fsp3) is 0.455. The first-order valence-electron chi connectivity index (χ1n) is 5.03. The van der Waals surface area contributed by atoms with Gasteiger partial charge in [0, 0.05) is 0 Å². The van der Waals surface area contributed by atoms with E-state index in [4.69, 9.17) is 0 Å². The first-order chi connectivity index (χ1) is 7.60. The molecule has 0 spiro atoms. The second-order valence-electron chi connectivity index (χ2n) is 3.41. The second-order valence-corrected chi connectivity index (χ2v) is 4.32. The Kier molecular flexibility index (Phi) is 4.49. The van der Waals surface area contributed by atoms with Crippen molar-refractivity contribution in [2.45, 2.75) is 20.3 Å². The minimum absolute atomic E-state index is 0.306. The zero-order valence-electron chi connectivity index (χ0n) is 9.57. The van der Waals surface area contributed by atoms with Gasteiger partial charge in [-0.2, -0.15) is 0 Å². The topological polar surface area (TPSA) is 55.4 Å². The number of methoxy groups -OCH3 is 1. The Morgan fingerprint density at radius 1 is 1.56 bits per heavy atom. The van der Waals surface area contributed by atoms with Crippen LogP contribution in [0.5, 0.6) is 0 Å². The van der Waals surface area contributed by atoms with Gasteiger partial charge < -0.3 is 10.1 Å². The molecule has 5 heteroatoms. The van der Waals surface area contributed by atoms with Crippen LogP contribution in [0.2, 0.25) is 0 Å². The van der Waals surface area contributed by atoms with Gasteiger partial charge in [-0.15, -0.1) is 11.3 Å². The van der Waals surface area contributed by atoms with Gasteiger partial charge in [-0.3, -0.25) is 9.59 Å². The zero-order valence-corrected chi connectivity index (χ0v) is 10.4. The average molecular weight is 241 g/mol. The third-order valence-electron chi connectivity index (χ3n) is 2.31. The number of rotatable bonds is 4. The Morgan fingerprint density at radius 2 is 2.25 bits per heavy atom. The lowest BCUT2D eigenvalue weighted by Crippen LogP contribution is -2.29. The molecule has 1 atom stereocenters. The normalized spacial score (nSPS) is 11.9. The van der Waals surface area contributed by atoms with Crippen LogP contribution < -0.4 is 5.32 Å². The van der Waals surface area contributed by atoms with E-state index in [0.29, 0.717) is 6.42 Å². The van der Waals surface area contributed by atoms with Crippen LogP contribution in [0.4, 0.5) is 5.00 Å². The van der Waals surface area contributed by atoms with E-state index in [9.17, 15) is 9.59 Å². The number of thiophene rings is 1. The van der Waals surface area contributed by atoms with Gasteiger partial charge in [0.1, 0.15) is 5.92 Å². The molecule has 0 aliphatic rings. The summed E-state index contributed by atoms with van der Waals surface area (Å²) in [6.07, 6.45) is 0.433. The van der Waals surface area contributed by atoms with Crippen LogP contribution in [0.3, 0.4) is 0 Å². The number of hydrogen-bond donors (Lipinski definition) is 1. The molecule has 1 N–H and O–H groups in total. The molecular formula is C11H15NO3S. The molecule has 1 heterocycles. The smallest absolute Gasteiger partial charge is 0.318 e. The number of hydrogen-bond acceptors (Lipinski definition) is 4. The van der Waals surface area contributed by atoms with Gasteiger partial charge in [0.05, 0.1) is 12.1 Å². The van der Waals surface area contributed by atoms with Crippen LogP contribution in [-0.2, 0) is 14.3 Å². The van der Waals surface area contributed by atoms with Gasteiger partial charge in [0.2, 0.25) is 5.91 Å². The summed E-state index contributed by atoms with van der Waals surface area (Å²) in [5, 5.41) is 5.41. The summed E-state index contributed by atoms with van der Waals surface area (Å²) in [7, 11) is 1.29. The standard InChI is InChI=1S/C11H15NO3S/c1-4-8(11(14)15-3)9(13)12-10-7(2)5-6-16-10/h5-6,8H,4H2,1-3H3,(H,12,13). The lowest BCUT2D eigenvalue weighted by Gasteiger charge is -2.12. The Balaban J connectivity index is 2.71. The van der Waals surface area contributed by atoms with Gasteiger partial charge in [-0.1, -0.05) is 6.92 Å². The summed E-state index contributed by atoms with van der Waals surface area (Å²) in [4.78, 5) is 23.1. The molecule has 88 valence electrons. The number of esters is 1. The molecule has 1 amide bonds. The molecule has 1 aromatic rings. The highest BCUT2D eigenvalue weighted by molar-refractivity contribution is 7.14. The zero-order chi connectivity index (χ0) is 12.1. The number of anilines is 1. The maximum Gasteiger partial charge on any atom is 0.318 e. The summed E-state index contributed by atoms with van der Waals surface area (Å²) in [6, 6.07) is 1.92. The van der Waals surface area contributed by atoms with Gasteiger partial charge in [0.15, 0.2) is 0 Å². The molecule has 1 rings (SSSR count). The van der Waals surface area contributed by atoms with E-state index in [0.717, 1.165) is 10.6 Å². The van der Waals surface area contributed by atoms with E-state index in [-0.39, 0.29) is 5.91 Å². The van der Waals surface area contributed by atoms with E-state index in [1.807, 2.05) is 18.4 Å². The van der Waals surface area contributed by atoms with Gasteiger partial charge in [0.25, 0.3) is 0 Å². The predicted octanol–water partition coefficient (Wildman–Crippen LogP) is 2.19. The lowest BCUT2D eigenvalue weighted by molar-refractivity contribution is -0.148. The Labute approximate surface area is 98.6 Å². The van der Waals surface area contributed by atoms with Crippen LogP contribution in [0.15, 0.2) is 11.4 Å². The number of aryl methyl sites for hydroxylation is 1. The quantitative estimate of drug-likeness (QED) is 0.649. The number of carbonyl (C=O) groups excluding carboxylic acids is 2. The van der Waals surface area contributed by atoms with Gasteiger partial charge in [-0.25, -0.2) is 0 Å². The molecule has 0 aliphatic heterocycles. The van der Waals surface area contributed by atoms with Crippen molar-refractivity contribution in [1.82, 2.24) is 0 Å². The highest BCUT2D eigenvalue weighted by atomic mass is 32.1. The van der Waals surface area contributed by atoms with Crippen molar-refractivity contribution in [3.8, 4) is 0 Å². The lowest BCUT2D eigenvalue weighted by atomic mass is 10.1. The van der Waals surface area contributed by atoms with E-state index >= 15 is 0 Å². The van der Waals surface area contributed by atoms with Crippen LogP contribution >= 0.6 is 11.3 Å². The molecule has 0 aliphatic carbocycles. The molecule has 0 radical (unpaired) electrons. The fourth-order valence-electron chi connectivity index (χ4n) is 1.30. The molecule has 1 unspecified atom stereocenters. The Morgan fingerprint density at radius 3 is 2.69 bits per heavy atom. The van der Waals surface area contributed by atoms with Gasteiger partial charge in [-0.05, 0) is 30.4 Å². The summed E-state index contributed by atoms with van der Waals surface area (Å²) in [6.45, 7) is 3.69. The first-order valence-corrected chi connectivity index (χ1v) is 5.90. The Bertz CT molecular complexity index is 386. The monoisotopic (exact) mass is 241 g/mol. The van der Waals surface area contributed by atoms with Crippen molar-refractivity contribution in [2.75, 3.05) is 12.4 Å². The third kappa shape index (κ3) is 2.82. The van der Waals surface area contributed by atoms with Crippen LogP contribution in [0.25, 0.3) is 0 Å². The predicted molar refractivity (Wildman–Crippen MR) is 63.5 cm³/mol. The van der Waals surface area contributed by atoms with Crippen molar-refractivity contribution in [1.29, 1.82) is 0 Å². The highest BCUT2D eigenvalue weighted by Crippen LogP contribution is 2.23. The van der Waals surface area contributed by atoms with Crippen molar-refractivity contribution in [3.63, 3.8) is 0 Å². The molecular weight excluding hydrogens is 226 g/mol. The number of ether oxygens (including phenoxy) is 1. The minimum atomic E-state index is -0.730.